The molecular weight excluding hydrogens is 276 g/mol. The third-order valence-electron chi connectivity index (χ3n) is 3.80. The Morgan fingerprint density at radius 2 is 1.64 bits per heavy atom. The highest BCUT2D eigenvalue weighted by atomic mass is 16.5. The van der Waals surface area contributed by atoms with Crippen LogP contribution in [0.4, 0.5) is 4.79 Å². The van der Waals surface area contributed by atoms with Crippen LogP contribution in [-0.2, 0) is 13.1 Å². The van der Waals surface area contributed by atoms with Crippen LogP contribution in [0.15, 0.2) is 42.5 Å². The van der Waals surface area contributed by atoms with Crippen molar-refractivity contribution in [1.82, 2.24) is 10.6 Å². The van der Waals surface area contributed by atoms with Gasteiger partial charge in [0.15, 0.2) is 0 Å². The standard InChI is InChI=1S/C18H22N2O2/c1-13-14(2)17(22-3)10-9-16(13)12-20-18(21)19-11-15-7-5-4-6-8-15/h4-10H,11-12H2,1-3H3,(H2,19,20,21). The fourth-order valence-corrected chi connectivity index (χ4v) is 2.28. The van der Waals surface area contributed by atoms with E-state index in [0.29, 0.717) is 13.1 Å². The predicted octanol–water partition coefficient (Wildman–Crippen LogP) is 3.31. The molecule has 2 N–H and O–H groups in total. The number of hydrogen-bond acceptors (Lipinski definition) is 2. The quantitative estimate of drug-likeness (QED) is 0.889. The molecule has 2 aromatic rings. The number of ether oxygens (including phenoxy) is 1. The van der Waals surface area contributed by atoms with E-state index in [1.807, 2.05) is 56.3 Å². The summed E-state index contributed by atoms with van der Waals surface area (Å²) in [6.07, 6.45) is 0. The van der Waals surface area contributed by atoms with Crippen molar-refractivity contribution in [2.45, 2.75) is 26.9 Å². The molecule has 0 unspecified atom stereocenters. The van der Waals surface area contributed by atoms with E-state index in [-0.39, 0.29) is 6.03 Å². The van der Waals surface area contributed by atoms with Crippen LogP contribution in [0.25, 0.3) is 0 Å². The molecule has 4 nitrogen and oxygen atoms in total. The molecule has 0 atom stereocenters. The average Bonchev–Trinajstić information content (AvgIpc) is 2.55. The van der Waals surface area contributed by atoms with Gasteiger partial charge in [-0.2, -0.15) is 0 Å². The Bertz CT molecular complexity index is 639. The summed E-state index contributed by atoms with van der Waals surface area (Å²) in [6.45, 7) is 5.08. The summed E-state index contributed by atoms with van der Waals surface area (Å²) < 4.78 is 5.29. The van der Waals surface area contributed by atoms with E-state index in [1.165, 1.54) is 0 Å². The Hall–Kier alpha value is -2.49. The maximum Gasteiger partial charge on any atom is 0.315 e. The Labute approximate surface area is 131 Å². The largest absolute Gasteiger partial charge is 0.496 e. The Kier molecular flexibility index (Phi) is 5.42. The van der Waals surface area contributed by atoms with E-state index >= 15 is 0 Å². The van der Waals surface area contributed by atoms with E-state index in [0.717, 1.165) is 28.0 Å². The normalized spacial score (nSPS) is 10.1. The molecule has 2 amide bonds. The van der Waals surface area contributed by atoms with E-state index in [4.69, 9.17) is 4.74 Å². The zero-order valence-electron chi connectivity index (χ0n) is 13.3. The molecule has 116 valence electrons. The lowest BCUT2D eigenvalue weighted by atomic mass is 10.0. The summed E-state index contributed by atoms with van der Waals surface area (Å²) in [5.41, 5.74) is 4.41. The van der Waals surface area contributed by atoms with E-state index in [1.54, 1.807) is 7.11 Å². The summed E-state index contributed by atoms with van der Waals surface area (Å²) in [5, 5.41) is 5.73. The summed E-state index contributed by atoms with van der Waals surface area (Å²) >= 11 is 0. The second-order valence-corrected chi connectivity index (χ2v) is 5.20. The molecule has 0 bridgehead atoms. The SMILES string of the molecule is COc1ccc(CNC(=O)NCc2ccccc2)c(C)c1C. The van der Waals surface area contributed by atoms with Crippen molar-refractivity contribution in [3.8, 4) is 5.75 Å². The lowest BCUT2D eigenvalue weighted by molar-refractivity contribution is 0.240. The van der Waals surface area contributed by atoms with Crippen LogP contribution < -0.4 is 15.4 Å². The van der Waals surface area contributed by atoms with Gasteiger partial charge in [0.05, 0.1) is 7.11 Å². The highest BCUT2D eigenvalue weighted by Gasteiger charge is 2.07. The number of carbonyl (C=O) groups excluding carboxylic acids is 1. The monoisotopic (exact) mass is 298 g/mol. The molecule has 2 rings (SSSR count). The van der Waals surface area contributed by atoms with Crippen molar-refractivity contribution in [3.05, 3.63) is 64.7 Å². The van der Waals surface area contributed by atoms with Crippen LogP contribution in [0.2, 0.25) is 0 Å². The van der Waals surface area contributed by atoms with Gasteiger partial charge >= 0.3 is 6.03 Å². The molecule has 0 saturated heterocycles. The second-order valence-electron chi connectivity index (χ2n) is 5.20. The van der Waals surface area contributed by atoms with E-state index in [2.05, 4.69) is 10.6 Å². The van der Waals surface area contributed by atoms with Gasteiger partial charge < -0.3 is 15.4 Å². The lowest BCUT2D eigenvalue weighted by Crippen LogP contribution is -2.34. The summed E-state index contributed by atoms with van der Waals surface area (Å²) in [4.78, 5) is 11.9. The van der Waals surface area contributed by atoms with Crippen molar-refractivity contribution in [2.24, 2.45) is 0 Å². The van der Waals surface area contributed by atoms with Crippen LogP contribution in [0.5, 0.6) is 5.75 Å². The van der Waals surface area contributed by atoms with Crippen molar-refractivity contribution in [3.63, 3.8) is 0 Å². The van der Waals surface area contributed by atoms with Crippen LogP contribution >= 0.6 is 0 Å². The van der Waals surface area contributed by atoms with Gasteiger partial charge in [-0.25, -0.2) is 4.79 Å². The number of hydrogen-bond donors (Lipinski definition) is 2. The van der Waals surface area contributed by atoms with Gasteiger partial charge in [-0.15, -0.1) is 0 Å². The average molecular weight is 298 g/mol. The van der Waals surface area contributed by atoms with Gasteiger partial charge in [0.2, 0.25) is 0 Å². The van der Waals surface area contributed by atoms with Gasteiger partial charge in [0.1, 0.15) is 5.75 Å². The Balaban J connectivity index is 1.87. The number of rotatable bonds is 5. The van der Waals surface area contributed by atoms with E-state index < -0.39 is 0 Å². The van der Waals surface area contributed by atoms with Gasteiger partial charge in [0, 0.05) is 13.1 Å². The number of urea groups is 1. The first-order valence-corrected chi connectivity index (χ1v) is 7.30. The minimum absolute atomic E-state index is 0.170. The first-order chi connectivity index (χ1) is 10.6. The lowest BCUT2D eigenvalue weighted by Gasteiger charge is -2.13. The number of benzene rings is 2. The van der Waals surface area contributed by atoms with Crippen LogP contribution in [-0.4, -0.2) is 13.1 Å². The summed E-state index contributed by atoms with van der Waals surface area (Å²) in [7, 11) is 1.66. The molecule has 22 heavy (non-hydrogen) atoms. The first-order valence-electron chi connectivity index (χ1n) is 7.30. The van der Waals surface area contributed by atoms with Crippen molar-refractivity contribution in [1.29, 1.82) is 0 Å². The second kappa shape index (κ2) is 7.50. The van der Waals surface area contributed by atoms with Gasteiger partial charge in [-0.3, -0.25) is 0 Å². The van der Waals surface area contributed by atoms with Crippen molar-refractivity contribution >= 4 is 6.03 Å². The van der Waals surface area contributed by atoms with Crippen molar-refractivity contribution < 1.29 is 9.53 Å². The number of carbonyl (C=O) groups is 1. The summed E-state index contributed by atoms with van der Waals surface area (Å²) in [5.74, 6) is 0.870. The molecule has 0 aromatic heterocycles. The van der Waals surface area contributed by atoms with Gasteiger partial charge in [0.25, 0.3) is 0 Å². The highest BCUT2D eigenvalue weighted by Crippen LogP contribution is 2.23. The highest BCUT2D eigenvalue weighted by molar-refractivity contribution is 5.73. The third kappa shape index (κ3) is 4.01. The maximum atomic E-state index is 11.9. The minimum Gasteiger partial charge on any atom is -0.496 e. The molecule has 4 heteroatoms. The molecule has 0 fully saturated rings. The molecule has 0 saturated carbocycles. The molecule has 0 heterocycles. The zero-order valence-corrected chi connectivity index (χ0v) is 13.3. The zero-order chi connectivity index (χ0) is 15.9. The Morgan fingerprint density at radius 3 is 2.32 bits per heavy atom. The van der Waals surface area contributed by atoms with Crippen LogP contribution in [0.3, 0.4) is 0 Å². The Morgan fingerprint density at radius 1 is 0.955 bits per heavy atom. The number of methoxy groups -OCH3 is 1. The summed E-state index contributed by atoms with van der Waals surface area (Å²) in [6, 6.07) is 13.6. The fourth-order valence-electron chi connectivity index (χ4n) is 2.28. The first kappa shape index (κ1) is 15.9. The molecule has 2 aromatic carbocycles. The molecule has 0 aliphatic carbocycles. The molecule has 0 spiro atoms. The van der Waals surface area contributed by atoms with Crippen molar-refractivity contribution in [2.75, 3.05) is 7.11 Å². The van der Waals surface area contributed by atoms with Crippen LogP contribution in [0, 0.1) is 13.8 Å². The fraction of sp³-hybridized carbons (Fsp3) is 0.278. The molecule has 0 aliphatic rings. The number of nitrogens with one attached hydrogen (secondary N) is 2. The molecular formula is C18H22N2O2. The van der Waals surface area contributed by atoms with Gasteiger partial charge in [-0.1, -0.05) is 36.4 Å². The minimum atomic E-state index is -0.170. The molecule has 0 aliphatic heterocycles. The smallest absolute Gasteiger partial charge is 0.315 e. The predicted molar refractivity (Wildman–Crippen MR) is 88.0 cm³/mol. The van der Waals surface area contributed by atoms with Crippen LogP contribution in [0.1, 0.15) is 22.3 Å². The topological polar surface area (TPSA) is 50.4 Å². The molecule has 0 radical (unpaired) electrons. The van der Waals surface area contributed by atoms with E-state index in [9.17, 15) is 4.79 Å². The third-order valence-corrected chi connectivity index (χ3v) is 3.80. The maximum absolute atomic E-state index is 11.9. The number of amides is 2. The van der Waals surface area contributed by atoms with Gasteiger partial charge in [-0.05, 0) is 42.2 Å².